The number of hydrogen-bond donors (Lipinski definition) is 1. The minimum atomic E-state index is -5.00. The average Bonchev–Trinajstić information content (AvgIpc) is 2.75. The van der Waals surface area contributed by atoms with Gasteiger partial charge in [0.25, 0.3) is 0 Å². The predicted molar refractivity (Wildman–Crippen MR) is 130 cm³/mol. The van der Waals surface area contributed by atoms with E-state index in [0.29, 0.717) is 12.0 Å². The molecular weight excluding hydrogens is 471 g/mol. The first-order valence-corrected chi connectivity index (χ1v) is 13.7. The molecule has 0 saturated carbocycles. The summed E-state index contributed by atoms with van der Waals surface area (Å²) in [6.45, 7) is 9.98. The maximum atomic E-state index is 12.5. The summed E-state index contributed by atoms with van der Waals surface area (Å²) in [7, 11) is -5.00. The zero-order valence-electron chi connectivity index (χ0n) is 20.9. The molecule has 2 atom stereocenters. The van der Waals surface area contributed by atoms with Gasteiger partial charge in [-0.3, -0.25) is 0 Å². The number of aryl methyl sites for hydroxylation is 1. The molecule has 1 aliphatic carbocycles. The number of rotatable bonds is 13. The van der Waals surface area contributed by atoms with Crippen LogP contribution in [0.3, 0.4) is 0 Å². The number of unbranched alkanes of at least 4 members (excludes halogenated alkanes) is 3. The number of allylic oxidation sites excluding steroid dienone is 3. The molecule has 1 aromatic carbocycles. The van der Waals surface area contributed by atoms with Gasteiger partial charge in [0, 0.05) is 11.5 Å². The summed E-state index contributed by atoms with van der Waals surface area (Å²) in [4.78, 5) is 33.4. The number of phosphoric ester groups is 1. The molecular formula is C26H37O8P-2. The van der Waals surface area contributed by atoms with E-state index >= 15 is 0 Å². The highest BCUT2D eigenvalue weighted by atomic mass is 31.2. The predicted octanol–water partition coefficient (Wildman–Crippen LogP) is 5.28. The van der Waals surface area contributed by atoms with Crippen molar-refractivity contribution < 1.29 is 38.3 Å². The van der Waals surface area contributed by atoms with Crippen LogP contribution >= 0.6 is 7.82 Å². The van der Waals surface area contributed by atoms with Gasteiger partial charge in [0.2, 0.25) is 0 Å². The maximum absolute atomic E-state index is 12.5. The second-order valence-electron chi connectivity index (χ2n) is 9.20. The van der Waals surface area contributed by atoms with Gasteiger partial charge < -0.3 is 33.5 Å². The molecule has 0 spiro atoms. The second-order valence-corrected chi connectivity index (χ2v) is 10.4. The van der Waals surface area contributed by atoms with Crippen molar-refractivity contribution in [1.82, 2.24) is 0 Å². The van der Waals surface area contributed by atoms with E-state index in [4.69, 9.17) is 9.47 Å². The lowest BCUT2D eigenvalue weighted by atomic mass is 9.73. The van der Waals surface area contributed by atoms with Crippen molar-refractivity contribution in [2.45, 2.75) is 78.1 Å². The highest BCUT2D eigenvalue weighted by Gasteiger charge is 2.31. The third-order valence-corrected chi connectivity index (χ3v) is 6.66. The molecule has 1 N–H and O–H groups in total. The Kier molecular flexibility index (Phi) is 11.5. The molecule has 0 bridgehead atoms. The van der Waals surface area contributed by atoms with Crippen molar-refractivity contribution in [3.63, 3.8) is 0 Å². The third-order valence-electron chi connectivity index (χ3n) is 6.16. The fourth-order valence-electron chi connectivity index (χ4n) is 4.37. The van der Waals surface area contributed by atoms with Gasteiger partial charge in [-0.05, 0) is 76.0 Å². The molecule has 0 fully saturated rings. The van der Waals surface area contributed by atoms with E-state index in [2.05, 4.69) is 31.0 Å². The minimum absolute atomic E-state index is 0.0292. The lowest BCUT2D eigenvalue weighted by molar-refractivity contribution is -0.341. The number of phenols is 1. The number of aromatic hydroxyl groups is 1. The first kappa shape index (κ1) is 29.1. The van der Waals surface area contributed by atoms with Crippen LogP contribution < -0.4 is 14.5 Å². The smallest absolute Gasteiger partial charge is 0.513 e. The quantitative estimate of drug-likeness (QED) is 0.125. The van der Waals surface area contributed by atoms with Crippen molar-refractivity contribution in [2.75, 3.05) is 13.2 Å². The Morgan fingerprint density at radius 3 is 2.57 bits per heavy atom. The standard InChI is InChI=1S/C26H39O8P/c1-5-6-7-10-20-16-23(27)25(22-15-19(4)11-12-21(22)18(2)3)24(17-20)34-26(28)32-13-8-9-14-33-35(29,30)31/h15-17,21-22,27H,2,5-14H2,1,3-4H3,(H2,29,30,31)/p-2/t21-,22+/m0/s1. The van der Waals surface area contributed by atoms with Crippen LogP contribution in [-0.2, 0) is 20.2 Å². The Labute approximate surface area is 208 Å². The van der Waals surface area contributed by atoms with Gasteiger partial charge in [-0.15, -0.1) is 0 Å². The zero-order chi connectivity index (χ0) is 26.0. The molecule has 0 heterocycles. The van der Waals surface area contributed by atoms with E-state index in [0.717, 1.165) is 49.7 Å². The van der Waals surface area contributed by atoms with E-state index in [9.17, 15) is 24.3 Å². The first-order chi connectivity index (χ1) is 16.5. The van der Waals surface area contributed by atoms with Crippen LogP contribution in [0.15, 0.2) is 35.9 Å². The second kappa shape index (κ2) is 13.8. The third kappa shape index (κ3) is 9.80. The number of phosphoric acid groups is 1. The van der Waals surface area contributed by atoms with Crippen LogP contribution in [0.4, 0.5) is 4.79 Å². The molecule has 1 aromatic rings. The van der Waals surface area contributed by atoms with E-state index in [1.165, 1.54) is 5.57 Å². The molecule has 0 unspecified atom stereocenters. The van der Waals surface area contributed by atoms with Crippen LogP contribution in [0.5, 0.6) is 11.5 Å². The first-order valence-electron chi connectivity index (χ1n) is 12.2. The Balaban J connectivity index is 2.19. The summed E-state index contributed by atoms with van der Waals surface area (Å²) in [5.41, 5.74) is 3.63. The Bertz CT molecular complexity index is 949. The van der Waals surface area contributed by atoms with Crippen LogP contribution in [0.25, 0.3) is 0 Å². The molecule has 2 rings (SSSR count). The topological polar surface area (TPSA) is 128 Å². The summed E-state index contributed by atoms with van der Waals surface area (Å²) in [6, 6.07) is 3.55. The minimum Gasteiger partial charge on any atom is -0.790 e. The van der Waals surface area contributed by atoms with E-state index in [1.807, 2.05) is 6.92 Å². The Morgan fingerprint density at radius 2 is 1.91 bits per heavy atom. The Morgan fingerprint density at radius 1 is 1.20 bits per heavy atom. The van der Waals surface area contributed by atoms with Crippen LogP contribution in [0, 0.1) is 5.92 Å². The van der Waals surface area contributed by atoms with Crippen molar-refractivity contribution in [1.29, 1.82) is 0 Å². The van der Waals surface area contributed by atoms with Crippen molar-refractivity contribution in [3.8, 4) is 11.5 Å². The van der Waals surface area contributed by atoms with Gasteiger partial charge >= 0.3 is 6.16 Å². The molecule has 8 nitrogen and oxygen atoms in total. The Hall–Kier alpha value is -2.12. The number of carbonyl (C=O) groups excluding carboxylic acids is 1. The number of benzene rings is 1. The van der Waals surface area contributed by atoms with Gasteiger partial charge in [0.15, 0.2) is 0 Å². The van der Waals surface area contributed by atoms with Gasteiger partial charge in [0.1, 0.15) is 11.5 Å². The maximum Gasteiger partial charge on any atom is 0.513 e. The van der Waals surface area contributed by atoms with Gasteiger partial charge in [-0.25, -0.2) is 4.79 Å². The largest absolute Gasteiger partial charge is 0.790 e. The number of phenolic OH excluding ortho intramolecular Hbond substituents is 1. The number of ether oxygens (including phenoxy) is 2. The summed E-state index contributed by atoms with van der Waals surface area (Å²) >= 11 is 0. The van der Waals surface area contributed by atoms with Crippen molar-refractivity contribution in [3.05, 3.63) is 47.1 Å². The van der Waals surface area contributed by atoms with Crippen molar-refractivity contribution >= 4 is 14.0 Å². The molecule has 9 heteroatoms. The zero-order valence-corrected chi connectivity index (χ0v) is 21.8. The fourth-order valence-corrected chi connectivity index (χ4v) is 4.72. The molecule has 0 saturated heterocycles. The lowest BCUT2D eigenvalue weighted by Gasteiger charge is -2.32. The summed E-state index contributed by atoms with van der Waals surface area (Å²) in [6.07, 6.45) is 7.39. The molecule has 1 aliphatic rings. The SMILES string of the molecule is C=C(C)[C@@H]1CCC(C)=C[C@H]1c1c(O)cc(CCCCC)cc1OC(=O)OCCCCOP(=O)([O-])[O-]. The van der Waals surface area contributed by atoms with Gasteiger partial charge in [-0.1, -0.05) is 43.6 Å². The monoisotopic (exact) mass is 508 g/mol. The fraction of sp³-hybridized carbons (Fsp3) is 0.577. The molecule has 0 amide bonds. The number of hydrogen-bond acceptors (Lipinski definition) is 8. The van der Waals surface area contributed by atoms with Gasteiger partial charge in [0.05, 0.1) is 21.0 Å². The normalized spacial score (nSPS) is 18.1. The average molecular weight is 509 g/mol. The summed E-state index contributed by atoms with van der Waals surface area (Å²) in [5, 5.41) is 11.0. The van der Waals surface area contributed by atoms with Crippen molar-refractivity contribution in [2.24, 2.45) is 5.92 Å². The molecule has 35 heavy (non-hydrogen) atoms. The lowest BCUT2D eigenvalue weighted by Crippen LogP contribution is -2.20. The van der Waals surface area contributed by atoms with E-state index < -0.39 is 14.0 Å². The highest BCUT2D eigenvalue weighted by molar-refractivity contribution is 7.43. The molecule has 0 aromatic heterocycles. The van der Waals surface area contributed by atoms with Crippen LogP contribution in [0.2, 0.25) is 0 Å². The van der Waals surface area contributed by atoms with Crippen LogP contribution in [-0.4, -0.2) is 24.5 Å². The van der Waals surface area contributed by atoms with Gasteiger partial charge in [-0.2, -0.15) is 0 Å². The molecule has 196 valence electrons. The highest BCUT2D eigenvalue weighted by Crippen LogP contribution is 2.47. The van der Waals surface area contributed by atoms with Crippen LogP contribution in [0.1, 0.15) is 82.8 Å². The summed E-state index contributed by atoms with van der Waals surface area (Å²) in [5.74, 6) is 0.277. The van der Waals surface area contributed by atoms with E-state index in [-0.39, 0.29) is 43.0 Å². The number of carbonyl (C=O) groups is 1. The summed E-state index contributed by atoms with van der Waals surface area (Å²) < 4.78 is 25.4. The molecule has 0 radical (unpaired) electrons. The van der Waals surface area contributed by atoms with E-state index in [1.54, 1.807) is 12.1 Å². The molecule has 0 aliphatic heterocycles.